The second kappa shape index (κ2) is 4.96. The molecule has 0 saturated heterocycles. The molecule has 0 aliphatic rings. The molecule has 3 aromatic heterocycles. The van der Waals surface area contributed by atoms with Gasteiger partial charge in [-0.15, -0.1) is 0 Å². The summed E-state index contributed by atoms with van der Waals surface area (Å²) in [7, 11) is 1.98. The molecule has 0 saturated carbocycles. The minimum Gasteiger partial charge on any atom is -0.334 e. The van der Waals surface area contributed by atoms with Crippen molar-refractivity contribution in [1.29, 1.82) is 0 Å². The topological polar surface area (TPSA) is 48.5 Å². The zero-order valence-corrected chi connectivity index (χ0v) is 12.6. The number of imidazole rings is 2. The van der Waals surface area contributed by atoms with Crippen LogP contribution in [0.15, 0.2) is 55.4 Å². The fourth-order valence-electron chi connectivity index (χ4n) is 2.53. The van der Waals surface area contributed by atoms with Gasteiger partial charge in [0.15, 0.2) is 0 Å². The SMILES string of the molecule is Cn1cnc2ccc(-n3ccnc3-c3ccncc3Cl)cc21. The molecule has 4 aromatic rings. The number of aromatic nitrogens is 5. The van der Waals surface area contributed by atoms with Crippen molar-refractivity contribution in [2.24, 2.45) is 7.05 Å². The smallest absolute Gasteiger partial charge is 0.146 e. The number of pyridine rings is 1. The molecule has 108 valence electrons. The van der Waals surface area contributed by atoms with Gasteiger partial charge in [0.25, 0.3) is 0 Å². The van der Waals surface area contributed by atoms with E-state index in [1.807, 2.05) is 46.9 Å². The fourth-order valence-corrected chi connectivity index (χ4v) is 2.74. The van der Waals surface area contributed by atoms with Gasteiger partial charge in [-0.1, -0.05) is 11.6 Å². The standard InChI is InChI=1S/C16H12ClN5/c1-21-10-20-14-3-2-11(8-15(14)21)22-7-6-19-16(22)12-4-5-18-9-13(12)17/h2-10H,1H3. The van der Waals surface area contributed by atoms with E-state index in [-0.39, 0.29) is 0 Å². The van der Waals surface area contributed by atoms with Crippen molar-refractivity contribution in [3.8, 4) is 17.1 Å². The van der Waals surface area contributed by atoms with Gasteiger partial charge in [0.05, 0.1) is 22.4 Å². The number of hydrogen-bond donors (Lipinski definition) is 0. The van der Waals surface area contributed by atoms with Gasteiger partial charge in [0, 0.05) is 43.1 Å². The number of benzene rings is 1. The van der Waals surface area contributed by atoms with E-state index in [1.54, 1.807) is 18.6 Å². The summed E-state index contributed by atoms with van der Waals surface area (Å²) >= 11 is 6.25. The van der Waals surface area contributed by atoms with E-state index in [0.717, 1.165) is 28.1 Å². The van der Waals surface area contributed by atoms with Crippen molar-refractivity contribution in [2.75, 3.05) is 0 Å². The Kier molecular flexibility index (Phi) is 2.94. The number of rotatable bonds is 2. The summed E-state index contributed by atoms with van der Waals surface area (Å²) < 4.78 is 4.00. The van der Waals surface area contributed by atoms with E-state index in [1.165, 1.54) is 0 Å². The molecule has 0 bridgehead atoms. The van der Waals surface area contributed by atoms with Crippen molar-refractivity contribution in [2.45, 2.75) is 0 Å². The first-order chi connectivity index (χ1) is 10.7. The van der Waals surface area contributed by atoms with Crippen molar-refractivity contribution >= 4 is 22.6 Å². The zero-order chi connectivity index (χ0) is 15.1. The molecule has 0 aliphatic heterocycles. The van der Waals surface area contributed by atoms with Gasteiger partial charge in [-0.3, -0.25) is 9.55 Å². The van der Waals surface area contributed by atoms with Crippen LogP contribution in [-0.2, 0) is 7.05 Å². The Hall–Kier alpha value is -2.66. The lowest BCUT2D eigenvalue weighted by molar-refractivity contribution is 0.946. The van der Waals surface area contributed by atoms with Crippen LogP contribution in [0.5, 0.6) is 0 Å². The molecular weight excluding hydrogens is 298 g/mol. The quantitative estimate of drug-likeness (QED) is 0.569. The van der Waals surface area contributed by atoms with Crippen molar-refractivity contribution < 1.29 is 0 Å². The fraction of sp³-hybridized carbons (Fsp3) is 0.0625. The van der Waals surface area contributed by atoms with E-state index in [9.17, 15) is 0 Å². The molecule has 1 aromatic carbocycles. The third-order valence-electron chi connectivity index (χ3n) is 3.64. The van der Waals surface area contributed by atoms with Crippen LogP contribution in [0.3, 0.4) is 0 Å². The summed E-state index contributed by atoms with van der Waals surface area (Å²) in [6.07, 6.45) is 8.83. The van der Waals surface area contributed by atoms with Crippen LogP contribution >= 0.6 is 11.6 Å². The number of aryl methyl sites for hydroxylation is 1. The monoisotopic (exact) mass is 309 g/mol. The molecule has 0 unspecified atom stereocenters. The molecule has 0 atom stereocenters. The molecule has 0 aliphatic carbocycles. The average molecular weight is 310 g/mol. The number of nitrogens with zero attached hydrogens (tertiary/aromatic N) is 5. The van der Waals surface area contributed by atoms with Crippen LogP contribution in [-0.4, -0.2) is 24.1 Å². The molecule has 0 N–H and O–H groups in total. The average Bonchev–Trinajstić information content (AvgIpc) is 3.15. The lowest BCUT2D eigenvalue weighted by Crippen LogP contribution is -1.97. The Morgan fingerprint density at radius 1 is 1.09 bits per heavy atom. The molecule has 0 fully saturated rings. The van der Waals surface area contributed by atoms with Crippen LogP contribution in [0.2, 0.25) is 5.02 Å². The maximum atomic E-state index is 6.25. The minimum absolute atomic E-state index is 0.580. The van der Waals surface area contributed by atoms with Gasteiger partial charge in [0.1, 0.15) is 5.82 Å². The Bertz CT molecular complexity index is 970. The minimum atomic E-state index is 0.580. The van der Waals surface area contributed by atoms with Crippen molar-refractivity contribution in [1.82, 2.24) is 24.1 Å². The Morgan fingerprint density at radius 3 is 2.86 bits per heavy atom. The maximum absolute atomic E-state index is 6.25. The van der Waals surface area contributed by atoms with Gasteiger partial charge in [-0.25, -0.2) is 9.97 Å². The first-order valence-electron chi connectivity index (χ1n) is 6.79. The van der Waals surface area contributed by atoms with E-state index >= 15 is 0 Å². The predicted octanol–water partition coefficient (Wildman–Crippen LogP) is 3.47. The highest BCUT2D eigenvalue weighted by molar-refractivity contribution is 6.33. The normalized spacial score (nSPS) is 11.2. The molecule has 0 spiro atoms. The first-order valence-corrected chi connectivity index (χ1v) is 7.16. The lowest BCUT2D eigenvalue weighted by Gasteiger charge is -2.09. The summed E-state index contributed by atoms with van der Waals surface area (Å²) in [5, 5.41) is 0.580. The van der Waals surface area contributed by atoms with Crippen LogP contribution in [0.4, 0.5) is 0 Å². The first kappa shape index (κ1) is 13.0. The highest BCUT2D eigenvalue weighted by Gasteiger charge is 2.12. The van der Waals surface area contributed by atoms with Gasteiger partial charge in [-0.2, -0.15) is 0 Å². The van der Waals surface area contributed by atoms with Gasteiger partial charge in [0.2, 0.25) is 0 Å². The summed E-state index contributed by atoms with van der Waals surface area (Å²) in [6.45, 7) is 0. The lowest BCUT2D eigenvalue weighted by atomic mass is 10.2. The van der Waals surface area contributed by atoms with Crippen LogP contribution < -0.4 is 0 Å². The molecule has 0 amide bonds. The molecule has 3 heterocycles. The molecule has 0 radical (unpaired) electrons. The molecule has 5 nitrogen and oxygen atoms in total. The van der Waals surface area contributed by atoms with Crippen molar-refractivity contribution in [3.05, 3.63) is 60.4 Å². The van der Waals surface area contributed by atoms with Gasteiger partial charge >= 0.3 is 0 Å². The third kappa shape index (κ3) is 1.98. The maximum Gasteiger partial charge on any atom is 0.146 e. The number of halogens is 1. The van der Waals surface area contributed by atoms with Crippen LogP contribution in [0, 0.1) is 0 Å². The largest absolute Gasteiger partial charge is 0.334 e. The van der Waals surface area contributed by atoms with Crippen molar-refractivity contribution in [3.63, 3.8) is 0 Å². The molecule has 22 heavy (non-hydrogen) atoms. The highest BCUT2D eigenvalue weighted by atomic mass is 35.5. The predicted molar refractivity (Wildman–Crippen MR) is 86.1 cm³/mol. The second-order valence-electron chi connectivity index (χ2n) is 5.00. The van der Waals surface area contributed by atoms with E-state index in [4.69, 9.17) is 11.6 Å². The molecular formula is C16H12ClN5. The van der Waals surface area contributed by atoms with E-state index in [2.05, 4.69) is 21.0 Å². The Balaban J connectivity index is 1.91. The summed E-state index contributed by atoms with van der Waals surface area (Å²) in [4.78, 5) is 12.8. The molecule has 6 heteroatoms. The Morgan fingerprint density at radius 2 is 2.00 bits per heavy atom. The second-order valence-corrected chi connectivity index (χ2v) is 5.41. The Labute approximate surface area is 131 Å². The molecule has 4 rings (SSSR count). The zero-order valence-electron chi connectivity index (χ0n) is 11.8. The number of hydrogen-bond acceptors (Lipinski definition) is 3. The summed E-state index contributed by atoms with van der Waals surface area (Å²) in [6, 6.07) is 7.98. The van der Waals surface area contributed by atoms with E-state index < -0.39 is 0 Å². The summed E-state index contributed by atoms with van der Waals surface area (Å²) in [5.41, 5.74) is 3.90. The third-order valence-corrected chi connectivity index (χ3v) is 3.94. The van der Waals surface area contributed by atoms with E-state index in [0.29, 0.717) is 5.02 Å². The van der Waals surface area contributed by atoms with Gasteiger partial charge < -0.3 is 4.57 Å². The highest BCUT2D eigenvalue weighted by Crippen LogP contribution is 2.28. The summed E-state index contributed by atoms with van der Waals surface area (Å²) in [5.74, 6) is 0.786. The number of fused-ring (bicyclic) bond motifs is 1. The van der Waals surface area contributed by atoms with Crippen LogP contribution in [0.25, 0.3) is 28.1 Å². The van der Waals surface area contributed by atoms with Gasteiger partial charge in [-0.05, 0) is 24.3 Å². The van der Waals surface area contributed by atoms with Crippen LogP contribution in [0.1, 0.15) is 0 Å².